The fourth-order valence-corrected chi connectivity index (χ4v) is 4.51. The van der Waals surface area contributed by atoms with Gasteiger partial charge in [-0.1, -0.05) is 50.2 Å². The van der Waals surface area contributed by atoms with Gasteiger partial charge in [-0.3, -0.25) is 14.5 Å². The van der Waals surface area contributed by atoms with E-state index in [1.807, 2.05) is 31.2 Å². The van der Waals surface area contributed by atoms with Gasteiger partial charge in [-0.25, -0.2) is 0 Å². The molecule has 0 bridgehead atoms. The van der Waals surface area contributed by atoms with Crippen molar-refractivity contribution in [1.82, 2.24) is 0 Å². The Morgan fingerprint density at radius 3 is 2.16 bits per heavy atom. The van der Waals surface area contributed by atoms with E-state index >= 15 is 0 Å². The molecule has 1 fully saturated rings. The Hall–Kier alpha value is -4.26. The number of hydrogen-bond donors (Lipinski definition) is 1. The lowest BCUT2D eigenvalue weighted by Gasteiger charge is -2.26. The molecule has 0 aromatic heterocycles. The monoisotopic (exact) mass is 501 g/mol. The van der Waals surface area contributed by atoms with Gasteiger partial charge in [0, 0.05) is 11.8 Å². The van der Waals surface area contributed by atoms with Crippen LogP contribution < -0.4 is 19.1 Å². The number of aryl methyl sites for hydroxylation is 1. The molecule has 1 saturated heterocycles. The second kappa shape index (κ2) is 11.2. The quantitative estimate of drug-likeness (QED) is 0.231. The molecule has 0 spiro atoms. The lowest BCUT2D eigenvalue weighted by Crippen LogP contribution is -2.29. The van der Waals surface area contributed by atoms with Gasteiger partial charge in [0.15, 0.2) is 0 Å². The van der Waals surface area contributed by atoms with Crippen molar-refractivity contribution in [3.63, 3.8) is 0 Å². The summed E-state index contributed by atoms with van der Waals surface area (Å²) < 4.78 is 16.7. The van der Waals surface area contributed by atoms with Crippen LogP contribution in [0.2, 0.25) is 0 Å². The van der Waals surface area contributed by atoms with E-state index < -0.39 is 17.7 Å². The van der Waals surface area contributed by atoms with E-state index in [0.29, 0.717) is 35.1 Å². The number of carbonyl (C=O) groups excluding carboxylic acids is 2. The smallest absolute Gasteiger partial charge is 0.300 e. The van der Waals surface area contributed by atoms with Crippen molar-refractivity contribution in [1.29, 1.82) is 0 Å². The number of aliphatic hydroxyl groups excluding tert-OH is 1. The fourth-order valence-electron chi connectivity index (χ4n) is 4.51. The molecule has 1 aliphatic heterocycles. The Morgan fingerprint density at radius 2 is 1.57 bits per heavy atom. The maximum Gasteiger partial charge on any atom is 0.300 e. The molecule has 1 unspecified atom stereocenters. The zero-order chi connectivity index (χ0) is 26.5. The molecule has 1 N–H and O–H groups in total. The van der Waals surface area contributed by atoms with Crippen molar-refractivity contribution in [2.75, 3.05) is 25.7 Å². The zero-order valence-electron chi connectivity index (χ0n) is 21.5. The lowest BCUT2D eigenvalue weighted by atomic mass is 9.93. The third-order valence-corrected chi connectivity index (χ3v) is 6.38. The zero-order valence-corrected chi connectivity index (χ0v) is 21.5. The van der Waals surface area contributed by atoms with E-state index in [2.05, 4.69) is 6.92 Å². The molecule has 37 heavy (non-hydrogen) atoms. The summed E-state index contributed by atoms with van der Waals surface area (Å²) in [6, 6.07) is 18.9. The number of carbonyl (C=O) groups is 2. The number of methoxy groups -OCH3 is 2. The summed E-state index contributed by atoms with van der Waals surface area (Å²) in [5.74, 6) is -0.676. The van der Waals surface area contributed by atoms with Gasteiger partial charge >= 0.3 is 0 Å². The van der Waals surface area contributed by atoms with Crippen LogP contribution in [0.5, 0.6) is 17.2 Å². The maximum absolute atomic E-state index is 13.5. The van der Waals surface area contributed by atoms with Crippen LogP contribution in [0.3, 0.4) is 0 Å². The van der Waals surface area contributed by atoms with Crippen LogP contribution in [0.15, 0.2) is 72.3 Å². The van der Waals surface area contributed by atoms with Crippen molar-refractivity contribution in [2.24, 2.45) is 0 Å². The number of hydrogen-bond acceptors (Lipinski definition) is 6. The Morgan fingerprint density at radius 1 is 0.919 bits per heavy atom. The van der Waals surface area contributed by atoms with Crippen molar-refractivity contribution >= 4 is 23.1 Å². The molecule has 7 nitrogen and oxygen atoms in total. The van der Waals surface area contributed by atoms with E-state index in [1.54, 1.807) is 42.5 Å². The lowest BCUT2D eigenvalue weighted by molar-refractivity contribution is -0.132. The summed E-state index contributed by atoms with van der Waals surface area (Å²) in [4.78, 5) is 28.5. The summed E-state index contributed by atoms with van der Waals surface area (Å²) in [5.41, 5.74) is 2.46. The highest BCUT2D eigenvalue weighted by molar-refractivity contribution is 6.51. The van der Waals surface area contributed by atoms with Crippen molar-refractivity contribution in [3.8, 4) is 17.2 Å². The SMILES string of the molecule is CCCOc1cccc(N2C(=O)C(=O)/C(=C(/O)c3c(OC)cccc3OC)C2c2ccc(CC)cc2)c1. The molecule has 7 heteroatoms. The summed E-state index contributed by atoms with van der Waals surface area (Å²) in [6.45, 7) is 4.59. The van der Waals surface area contributed by atoms with Crippen molar-refractivity contribution in [2.45, 2.75) is 32.7 Å². The molecule has 1 aliphatic rings. The molecule has 4 rings (SSSR count). The number of nitrogens with zero attached hydrogens (tertiary/aromatic N) is 1. The summed E-state index contributed by atoms with van der Waals surface area (Å²) in [6.07, 6.45) is 1.68. The minimum Gasteiger partial charge on any atom is -0.506 e. The van der Waals surface area contributed by atoms with Gasteiger partial charge in [0.1, 0.15) is 28.6 Å². The molecular weight excluding hydrogens is 470 g/mol. The minimum absolute atomic E-state index is 0.0445. The van der Waals surface area contributed by atoms with Crippen LogP contribution in [0.1, 0.15) is 43.0 Å². The highest BCUT2D eigenvalue weighted by Gasteiger charge is 2.47. The number of ketones is 1. The Labute approximate surface area is 216 Å². The second-order valence-electron chi connectivity index (χ2n) is 8.65. The van der Waals surface area contributed by atoms with Gasteiger partial charge in [0.05, 0.1) is 32.4 Å². The molecule has 3 aromatic rings. The largest absolute Gasteiger partial charge is 0.506 e. The Balaban J connectivity index is 1.95. The molecule has 1 amide bonds. The van der Waals surface area contributed by atoms with E-state index in [1.165, 1.54) is 19.1 Å². The molecule has 0 saturated carbocycles. The third kappa shape index (κ3) is 4.89. The molecule has 3 aromatic carbocycles. The molecule has 0 aliphatic carbocycles. The predicted octanol–water partition coefficient (Wildman–Crippen LogP) is 5.68. The first-order valence-electron chi connectivity index (χ1n) is 12.3. The number of rotatable bonds is 9. The van der Waals surface area contributed by atoms with E-state index in [0.717, 1.165) is 18.4 Å². The normalized spacial score (nSPS) is 16.6. The summed E-state index contributed by atoms with van der Waals surface area (Å²) in [5, 5.41) is 11.6. The number of ether oxygens (including phenoxy) is 3. The first-order chi connectivity index (χ1) is 17.9. The maximum atomic E-state index is 13.5. The highest BCUT2D eigenvalue weighted by atomic mass is 16.5. The Bertz CT molecular complexity index is 1310. The van der Waals surface area contributed by atoms with Crippen LogP contribution in [-0.2, 0) is 16.0 Å². The number of benzene rings is 3. The van der Waals surface area contributed by atoms with Gasteiger partial charge in [-0.05, 0) is 48.2 Å². The van der Waals surface area contributed by atoms with Crippen LogP contribution >= 0.6 is 0 Å². The van der Waals surface area contributed by atoms with Gasteiger partial charge < -0.3 is 19.3 Å². The fraction of sp³-hybridized carbons (Fsp3) is 0.267. The van der Waals surface area contributed by atoms with Gasteiger partial charge in [0.25, 0.3) is 11.7 Å². The van der Waals surface area contributed by atoms with E-state index in [4.69, 9.17) is 14.2 Å². The van der Waals surface area contributed by atoms with Crippen LogP contribution in [-0.4, -0.2) is 37.6 Å². The average Bonchev–Trinajstić information content (AvgIpc) is 3.21. The predicted molar refractivity (Wildman–Crippen MR) is 142 cm³/mol. The number of anilines is 1. The summed E-state index contributed by atoms with van der Waals surface area (Å²) >= 11 is 0. The molecule has 192 valence electrons. The standard InChI is InChI=1S/C30H31NO6/c1-5-17-37-22-10-7-9-21(18-22)31-27(20-15-13-19(6-2)14-16-20)26(29(33)30(31)34)28(32)25-23(35-3)11-8-12-24(25)36-4/h7-16,18,27,32H,5-6,17H2,1-4H3/b28-26+. The van der Waals surface area contributed by atoms with Gasteiger partial charge in [-0.2, -0.15) is 0 Å². The second-order valence-corrected chi connectivity index (χ2v) is 8.65. The highest BCUT2D eigenvalue weighted by Crippen LogP contribution is 2.45. The van der Waals surface area contributed by atoms with Crippen molar-refractivity contribution < 1.29 is 28.9 Å². The number of Topliss-reactive ketones (excluding diaryl/α,β-unsaturated/α-hetero) is 1. The van der Waals surface area contributed by atoms with Crippen LogP contribution in [0.4, 0.5) is 5.69 Å². The number of aliphatic hydroxyl groups is 1. The number of amides is 1. The van der Waals surface area contributed by atoms with Crippen LogP contribution in [0.25, 0.3) is 5.76 Å². The van der Waals surface area contributed by atoms with Gasteiger partial charge in [-0.15, -0.1) is 0 Å². The first kappa shape index (κ1) is 25.8. The van der Waals surface area contributed by atoms with Crippen molar-refractivity contribution in [3.05, 3.63) is 89.0 Å². The molecule has 0 radical (unpaired) electrons. The topological polar surface area (TPSA) is 85.3 Å². The van der Waals surface area contributed by atoms with Gasteiger partial charge in [0.2, 0.25) is 0 Å². The minimum atomic E-state index is -0.873. The van der Waals surface area contributed by atoms with E-state index in [9.17, 15) is 14.7 Å². The molecular formula is C30H31NO6. The molecule has 1 atom stereocenters. The first-order valence-corrected chi connectivity index (χ1v) is 12.3. The van der Waals surface area contributed by atoms with E-state index in [-0.39, 0.29) is 16.9 Å². The average molecular weight is 502 g/mol. The Kier molecular flexibility index (Phi) is 7.82. The third-order valence-electron chi connectivity index (χ3n) is 6.38. The summed E-state index contributed by atoms with van der Waals surface area (Å²) in [7, 11) is 2.93. The molecule has 1 heterocycles. The van der Waals surface area contributed by atoms with Crippen LogP contribution in [0, 0.1) is 0 Å².